The first-order chi connectivity index (χ1) is 7.74. The van der Waals surface area contributed by atoms with E-state index in [0.717, 1.165) is 32.0 Å². The summed E-state index contributed by atoms with van der Waals surface area (Å²) in [6.45, 7) is 4.40. The van der Waals surface area contributed by atoms with Crippen LogP contribution in [0.3, 0.4) is 0 Å². The predicted molar refractivity (Wildman–Crippen MR) is 72.9 cm³/mol. The molecule has 0 atom stereocenters. The molecule has 0 radical (unpaired) electrons. The van der Waals surface area contributed by atoms with E-state index in [1.165, 1.54) is 32.1 Å². The van der Waals surface area contributed by atoms with E-state index < -0.39 is 5.97 Å². The summed E-state index contributed by atoms with van der Waals surface area (Å²) in [5, 5.41) is 8.57. The molecule has 0 heterocycles. The summed E-state index contributed by atoms with van der Waals surface area (Å²) in [6, 6.07) is 0.767. The van der Waals surface area contributed by atoms with Gasteiger partial charge in [0.2, 0.25) is 0 Å². The zero-order valence-corrected chi connectivity index (χ0v) is 11.7. The first kappa shape index (κ1) is 16.7. The Morgan fingerprint density at radius 3 is 2.41 bits per heavy atom. The summed E-state index contributed by atoms with van der Waals surface area (Å²) < 4.78 is 0. The lowest BCUT2D eigenvalue weighted by Gasteiger charge is -2.33. The van der Waals surface area contributed by atoms with Crippen molar-refractivity contribution in [2.45, 2.75) is 64.3 Å². The lowest BCUT2D eigenvalue weighted by atomic mass is 9.94. The molecule has 17 heavy (non-hydrogen) atoms. The van der Waals surface area contributed by atoms with Crippen LogP contribution in [0.5, 0.6) is 0 Å². The number of carbonyl (C=O) groups is 1. The molecule has 0 aliphatic heterocycles. The normalized spacial score (nSPS) is 16.8. The maximum absolute atomic E-state index is 10.4. The Bertz CT molecular complexity index is 206. The number of carboxylic acid groups (broad SMARTS) is 1. The third kappa shape index (κ3) is 6.89. The zero-order chi connectivity index (χ0) is 11.8. The zero-order valence-electron chi connectivity index (χ0n) is 10.9. The smallest absolute Gasteiger partial charge is 0.303 e. The molecule has 1 rings (SSSR count). The first-order valence-corrected chi connectivity index (χ1v) is 6.70. The van der Waals surface area contributed by atoms with Crippen molar-refractivity contribution in [2.75, 3.05) is 13.1 Å². The van der Waals surface area contributed by atoms with E-state index in [-0.39, 0.29) is 12.4 Å². The first-order valence-electron chi connectivity index (χ1n) is 6.70. The van der Waals surface area contributed by atoms with Gasteiger partial charge in [-0.1, -0.05) is 26.2 Å². The van der Waals surface area contributed by atoms with Gasteiger partial charge in [-0.15, -0.1) is 12.4 Å². The predicted octanol–water partition coefficient (Wildman–Crippen LogP) is 3.32. The second-order valence-corrected chi connectivity index (χ2v) is 4.77. The monoisotopic (exact) mass is 263 g/mol. The Kier molecular flexibility index (Phi) is 9.56. The molecule has 0 amide bonds. The van der Waals surface area contributed by atoms with E-state index in [0.29, 0.717) is 6.42 Å². The Hall–Kier alpha value is -0.280. The van der Waals surface area contributed by atoms with Crippen LogP contribution >= 0.6 is 12.4 Å². The molecule has 0 bridgehead atoms. The van der Waals surface area contributed by atoms with Crippen LogP contribution in [0.15, 0.2) is 0 Å². The van der Waals surface area contributed by atoms with Gasteiger partial charge >= 0.3 is 5.97 Å². The van der Waals surface area contributed by atoms with Crippen molar-refractivity contribution < 1.29 is 9.90 Å². The molecule has 0 aromatic carbocycles. The standard InChI is InChI=1S/C13H25NO2.ClH/c1-2-14(11-7-6-10-13(15)16)12-8-4-3-5-9-12;/h12H,2-11H2,1H3,(H,15,16);1H. The summed E-state index contributed by atoms with van der Waals surface area (Å²) in [7, 11) is 0. The van der Waals surface area contributed by atoms with Crippen LogP contribution in [0.1, 0.15) is 58.3 Å². The quantitative estimate of drug-likeness (QED) is 0.717. The number of hydrogen-bond donors (Lipinski definition) is 1. The van der Waals surface area contributed by atoms with Crippen molar-refractivity contribution in [3.05, 3.63) is 0 Å². The van der Waals surface area contributed by atoms with Gasteiger partial charge in [-0.05, 0) is 38.8 Å². The minimum Gasteiger partial charge on any atom is -0.481 e. The fourth-order valence-corrected chi connectivity index (χ4v) is 2.64. The molecule has 0 spiro atoms. The highest BCUT2D eigenvalue weighted by Gasteiger charge is 2.19. The SMILES string of the molecule is CCN(CCCCC(=O)O)C1CCCCC1.Cl. The Morgan fingerprint density at radius 2 is 1.88 bits per heavy atom. The van der Waals surface area contributed by atoms with Crippen molar-refractivity contribution in [3.63, 3.8) is 0 Å². The van der Waals surface area contributed by atoms with E-state index in [1.807, 2.05) is 0 Å². The highest BCUT2D eigenvalue weighted by Crippen LogP contribution is 2.22. The third-order valence-electron chi connectivity index (χ3n) is 3.58. The summed E-state index contributed by atoms with van der Waals surface area (Å²) in [6.07, 6.45) is 8.98. The Labute approximate surface area is 111 Å². The van der Waals surface area contributed by atoms with Crippen molar-refractivity contribution in [2.24, 2.45) is 0 Å². The minimum absolute atomic E-state index is 0. The molecule has 0 aromatic heterocycles. The maximum atomic E-state index is 10.4. The average Bonchev–Trinajstić information content (AvgIpc) is 2.30. The average molecular weight is 264 g/mol. The van der Waals surface area contributed by atoms with Crippen LogP contribution in [-0.4, -0.2) is 35.1 Å². The van der Waals surface area contributed by atoms with Gasteiger partial charge in [-0.3, -0.25) is 4.79 Å². The summed E-state index contributed by atoms with van der Waals surface area (Å²) in [5.74, 6) is -0.666. The van der Waals surface area contributed by atoms with Gasteiger partial charge in [0.05, 0.1) is 0 Å². The maximum Gasteiger partial charge on any atom is 0.303 e. The number of nitrogens with zero attached hydrogens (tertiary/aromatic N) is 1. The number of unbranched alkanes of at least 4 members (excludes halogenated alkanes) is 1. The molecule has 1 saturated carbocycles. The molecule has 0 aromatic rings. The van der Waals surface area contributed by atoms with Gasteiger partial charge in [-0.2, -0.15) is 0 Å². The molecule has 1 aliphatic carbocycles. The molecule has 0 saturated heterocycles. The van der Waals surface area contributed by atoms with E-state index in [4.69, 9.17) is 5.11 Å². The second kappa shape index (κ2) is 9.72. The third-order valence-corrected chi connectivity index (χ3v) is 3.58. The minimum atomic E-state index is -0.666. The van der Waals surface area contributed by atoms with Gasteiger partial charge in [0.15, 0.2) is 0 Å². The molecule has 102 valence electrons. The summed E-state index contributed by atoms with van der Waals surface area (Å²) >= 11 is 0. The van der Waals surface area contributed by atoms with E-state index in [2.05, 4.69) is 11.8 Å². The number of halogens is 1. The van der Waals surface area contributed by atoms with Crippen LogP contribution in [0.2, 0.25) is 0 Å². The lowest BCUT2D eigenvalue weighted by Crippen LogP contribution is -2.37. The van der Waals surface area contributed by atoms with Crippen LogP contribution in [-0.2, 0) is 4.79 Å². The van der Waals surface area contributed by atoms with Crippen LogP contribution < -0.4 is 0 Å². The summed E-state index contributed by atoms with van der Waals surface area (Å²) in [5.41, 5.74) is 0. The molecule has 3 nitrogen and oxygen atoms in total. The fraction of sp³-hybridized carbons (Fsp3) is 0.923. The summed E-state index contributed by atoms with van der Waals surface area (Å²) in [4.78, 5) is 12.9. The van der Waals surface area contributed by atoms with Crippen LogP contribution in [0.25, 0.3) is 0 Å². The molecular weight excluding hydrogens is 238 g/mol. The van der Waals surface area contributed by atoms with Crippen molar-refractivity contribution in [3.8, 4) is 0 Å². The molecule has 1 N–H and O–H groups in total. The number of hydrogen-bond acceptors (Lipinski definition) is 2. The van der Waals surface area contributed by atoms with Gasteiger partial charge in [-0.25, -0.2) is 0 Å². The van der Waals surface area contributed by atoms with E-state index in [1.54, 1.807) is 0 Å². The number of aliphatic carboxylic acids is 1. The van der Waals surface area contributed by atoms with Gasteiger partial charge in [0.1, 0.15) is 0 Å². The van der Waals surface area contributed by atoms with Crippen molar-refractivity contribution >= 4 is 18.4 Å². The van der Waals surface area contributed by atoms with E-state index >= 15 is 0 Å². The highest BCUT2D eigenvalue weighted by atomic mass is 35.5. The molecule has 1 aliphatic rings. The van der Waals surface area contributed by atoms with Gasteiger partial charge < -0.3 is 10.0 Å². The molecular formula is C13H26ClNO2. The molecule has 4 heteroatoms. The second-order valence-electron chi connectivity index (χ2n) is 4.77. The van der Waals surface area contributed by atoms with Gasteiger partial charge in [0, 0.05) is 12.5 Å². The topological polar surface area (TPSA) is 40.5 Å². The largest absolute Gasteiger partial charge is 0.481 e. The number of carboxylic acids is 1. The Morgan fingerprint density at radius 1 is 1.24 bits per heavy atom. The van der Waals surface area contributed by atoms with Crippen molar-refractivity contribution in [1.29, 1.82) is 0 Å². The Balaban J connectivity index is 0.00000256. The highest BCUT2D eigenvalue weighted by molar-refractivity contribution is 5.85. The lowest BCUT2D eigenvalue weighted by molar-refractivity contribution is -0.137. The van der Waals surface area contributed by atoms with Crippen LogP contribution in [0.4, 0.5) is 0 Å². The molecule has 1 fully saturated rings. The van der Waals surface area contributed by atoms with Gasteiger partial charge in [0.25, 0.3) is 0 Å². The molecule has 0 unspecified atom stereocenters. The van der Waals surface area contributed by atoms with Crippen LogP contribution in [0, 0.1) is 0 Å². The van der Waals surface area contributed by atoms with E-state index in [9.17, 15) is 4.79 Å². The number of rotatable bonds is 7. The fourth-order valence-electron chi connectivity index (χ4n) is 2.64. The van der Waals surface area contributed by atoms with Crippen molar-refractivity contribution in [1.82, 2.24) is 4.90 Å².